The number of nitrogens with zero attached hydrogens (tertiary/aromatic N) is 3. The van der Waals surface area contributed by atoms with Crippen LogP contribution in [0.4, 0.5) is 14.5 Å². The molecule has 0 atom stereocenters. The predicted molar refractivity (Wildman–Crippen MR) is 125 cm³/mol. The average Bonchev–Trinajstić information content (AvgIpc) is 3.39. The highest BCUT2D eigenvalue weighted by atomic mass is 35.5. The fourth-order valence-electron chi connectivity index (χ4n) is 3.77. The summed E-state index contributed by atoms with van der Waals surface area (Å²) in [6.45, 7) is 1.61. The zero-order valence-electron chi connectivity index (χ0n) is 17.6. The molecule has 0 aliphatic carbocycles. The summed E-state index contributed by atoms with van der Waals surface area (Å²) in [5.41, 5.74) is 1.17. The lowest BCUT2D eigenvalue weighted by Gasteiger charge is -2.21. The van der Waals surface area contributed by atoms with Gasteiger partial charge in [-0.15, -0.1) is 20.1 Å². The second-order valence-electron chi connectivity index (χ2n) is 7.42. The average molecular weight is 504 g/mol. The van der Waals surface area contributed by atoms with Crippen LogP contribution in [0.25, 0.3) is 21.3 Å². The van der Waals surface area contributed by atoms with Gasteiger partial charge in [-0.1, -0.05) is 23.7 Å². The Morgan fingerprint density at radius 2 is 1.97 bits per heavy atom. The molecule has 1 aliphatic rings. The third-order valence-electron chi connectivity index (χ3n) is 5.26. The summed E-state index contributed by atoms with van der Waals surface area (Å²) in [5, 5.41) is 7.22. The molecule has 0 radical (unpaired) electrons. The Morgan fingerprint density at radius 1 is 1.18 bits per heavy atom. The van der Waals surface area contributed by atoms with Crippen LogP contribution in [0.1, 0.15) is 6.92 Å². The van der Waals surface area contributed by atoms with E-state index in [1.807, 2.05) is 6.07 Å². The molecule has 3 heterocycles. The molecule has 4 aromatic rings. The van der Waals surface area contributed by atoms with Crippen LogP contribution < -0.4 is 19.9 Å². The largest absolute Gasteiger partial charge is 0.586 e. The highest BCUT2D eigenvalue weighted by molar-refractivity contribution is 7.17. The van der Waals surface area contributed by atoms with Crippen molar-refractivity contribution in [3.05, 3.63) is 69.3 Å². The highest BCUT2D eigenvalue weighted by Gasteiger charge is 2.43. The van der Waals surface area contributed by atoms with Crippen LogP contribution in [0.2, 0.25) is 5.02 Å². The molecule has 0 spiro atoms. The first-order valence-corrected chi connectivity index (χ1v) is 11.5. The van der Waals surface area contributed by atoms with Crippen molar-refractivity contribution in [2.45, 2.75) is 19.8 Å². The van der Waals surface area contributed by atoms with Crippen LogP contribution in [0.3, 0.4) is 0 Å². The van der Waals surface area contributed by atoms with E-state index in [1.165, 1.54) is 34.4 Å². The van der Waals surface area contributed by atoms with Crippen LogP contribution in [0, 0.1) is 0 Å². The van der Waals surface area contributed by atoms with E-state index in [9.17, 15) is 18.4 Å². The van der Waals surface area contributed by atoms with Gasteiger partial charge < -0.3 is 14.4 Å². The molecule has 0 saturated heterocycles. The molecule has 2 aromatic heterocycles. The van der Waals surface area contributed by atoms with Crippen molar-refractivity contribution < 1.29 is 23.0 Å². The number of carbonyl (C=O) groups is 1. The molecule has 5 rings (SSSR count). The number of anilines is 1. The summed E-state index contributed by atoms with van der Waals surface area (Å²) in [7, 11) is 0. The van der Waals surface area contributed by atoms with Gasteiger partial charge in [-0.25, -0.2) is 4.68 Å². The van der Waals surface area contributed by atoms with Crippen molar-refractivity contribution in [2.24, 2.45) is 0 Å². The van der Waals surface area contributed by atoms with Crippen LogP contribution in [0.5, 0.6) is 11.5 Å². The van der Waals surface area contributed by atoms with Crippen molar-refractivity contribution >= 4 is 44.6 Å². The zero-order chi connectivity index (χ0) is 24.0. The molecule has 0 saturated carbocycles. The maximum Gasteiger partial charge on any atom is 0.586 e. The SMILES string of the molecule is CCN(C(=O)Cn1nc(-c2cccc(Cl)c2)c2sccc2c1=O)c1ccc2c(c1)OC(F)(F)O2. The number of carbonyl (C=O) groups excluding carboxylic acids is 1. The minimum atomic E-state index is -3.76. The molecule has 7 nitrogen and oxygen atoms in total. The number of aromatic nitrogens is 2. The summed E-state index contributed by atoms with van der Waals surface area (Å²) in [6.07, 6.45) is -3.76. The van der Waals surface area contributed by atoms with E-state index in [0.29, 0.717) is 32.1 Å². The van der Waals surface area contributed by atoms with Crippen molar-refractivity contribution in [2.75, 3.05) is 11.4 Å². The second kappa shape index (κ2) is 8.37. The molecule has 11 heteroatoms. The van der Waals surface area contributed by atoms with Gasteiger partial charge in [-0.05, 0) is 42.6 Å². The Hall–Kier alpha value is -3.50. The van der Waals surface area contributed by atoms with Gasteiger partial charge >= 0.3 is 6.29 Å². The molecule has 1 amide bonds. The third-order valence-corrected chi connectivity index (χ3v) is 6.42. The Morgan fingerprint density at radius 3 is 2.74 bits per heavy atom. The molecule has 174 valence electrons. The number of halogens is 3. The van der Waals surface area contributed by atoms with Crippen LogP contribution in [-0.2, 0) is 11.3 Å². The van der Waals surface area contributed by atoms with Gasteiger partial charge in [0.15, 0.2) is 11.5 Å². The fourth-order valence-corrected chi connectivity index (χ4v) is 4.85. The van der Waals surface area contributed by atoms with Crippen LogP contribution in [-0.4, -0.2) is 28.5 Å². The summed E-state index contributed by atoms with van der Waals surface area (Å²) in [4.78, 5) is 27.6. The molecular formula is C23H16ClF2N3O4S. The van der Waals surface area contributed by atoms with Gasteiger partial charge in [-0.3, -0.25) is 9.59 Å². The first-order chi connectivity index (χ1) is 16.3. The second-order valence-corrected chi connectivity index (χ2v) is 8.77. The summed E-state index contributed by atoms with van der Waals surface area (Å²) in [5.74, 6) is -0.745. The number of alkyl halides is 2. The first kappa shape index (κ1) is 22.3. The number of hydrogen-bond donors (Lipinski definition) is 0. The van der Waals surface area contributed by atoms with Gasteiger partial charge in [0.25, 0.3) is 5.56 Å². The monoisotopic (exact) mass is 503 g/mol. The van der Waals surface area contributed by atoms with E-state index in [1.54, 1.807) is 36.6 Å². The van der Waals surface area contributed by atoms with Gasteiger partial charge in [0.05, 0.1) is 10.1 Å². The van der Waals surface area contributed by atoms with E-state index in [2.05, 4.69) is 14.6 Å². The Balaban J connectivity index is 1.50. The molecule has 0 unspecified atom stereocenters. The number of fused-ring (bicyclic) bond motifs is 2. The maximum atomic E-state index is 13.4. The van der Waals surface area contributed by atoms with Gasteiger partial charge in [-0.2, -0.15) is 5.10 Å². The molecule has 0 bridgehead atoms. The smallest absolute Gasteiger partial charge is 0.395 e. The van der Waals surface area contributed by atoms with E-state index in [0.717, 1.165) is 4.68 Å². The highest BCUT2D eigenvalue weighted by Crippen LogP contribution is 2.43. The van der Waals surface area contributed by atoms with Crippen molar-refractivity contribution in [1.82, 2.24) is 9.78 Å². The Bertz CT molecular complexity index is 1490. The van der Waals surface area contributed by atoms with E-state index in [4.69, 9.17) is 11.6 Å². The number of rotatable bonds is 5. The zero-order valence-corrected chi connectivity index (χ0v) is 19.2. The maximum absolute atomic E-state index is 13.4. The number of ether oxygens (including phenoxy) is 2. The summed E-state index contributed by atoms with van der Waals surface area (Å²) >= 11 is 7.52. The fraction of sp³-hybridized carbons (Fsp3) is 0.174. The lowest BCUT2D eigenvalue weighted by Crippen LogP contribution is -2.37. The molecule has 34 heavy (non-hydrogen) atoms. The Labute approximate surface area is 200 Å². The predicted octanol–water partition coefficient (Wildman–Crippen LogP) is 5.15. The van der Waals surface area contributed by atoms with Crippen molar-refractivity contribution in [1.29, 1.82) is 0 Å². The molecule has 0 N–H and O–H groups in total. The van der Waals surface area contributed by atoms with Gasteiger partial charge in [0.2, 0.25) is 5.91 Å². The Kier molecular flexibility index (Phi) is 5.49. The van der Waals surface area contributed by atoms with Crippen molar-refractivity contribution in [3.8, 4) is 22.8 Å². The van der Waals surface area contributed by atoms with Gasteiger partial charge in [0.1, 0.15) is 12.2 Å². The minimum Gasteiger partial charge on any atom is -0.395 e. The normalized spacial score (nSPS) is 13.9. The van der Waals surface area contributed by atoms with E-state index < -0.39 is 17.8 Å². The molecular weight excluding hydrogens is 488 g/mol. The van der Waals surface area contributed by atoms with Crippen molar-refractivity contribution in [3.63, 3.8) is 0 Å². The lowest BCUT2D eigenvalue weighted by atomic mass is 10.1. The lowest BCUT2D eigenvalue weighted by molar-refractivity contribution is -0.286. The number of amides is 1. The standard InChI is InChI=1S/C23H16ClF2N3O4S/c1-2-28(15-6-7-17-18(11-15)33-23(25,26)32-17)19(30)12-29-22(31)16-8-9-34-21(16)20(27-29)13-4-3-5-14(24)10-13/h3-11H,2,12H2,1H3. The van der Waals surface area contributed by atoms with E-state index >= 15 is 0 Å². The number of likely N-dealkylation sites (N-methyl/N-ethyl adjacent to an activating group) is 1. The van der Waals surface area contributed by atoms with E-state index in [-0.39, 0.29) is 24.6 Å². The number of benzene rings is 2. The molecule has 1 aliphatic heterocycles. The number of hydrogen-bond acceptors (Lipinski definition) is 6. The molecule has 2 aromatic carbocycles. The molecule has 0 fully saturated rings. The van der Waals surface area contributed by atoms with Crippen LogP contribution >= 0.6 is 22.9 Å². The van der Waals surface area contributed by atoms with Gasteiger partial charge in [0, 0.05) is 28.9 Å². The summed E-state index contributed by atoms with van der Waals surface area (Å²) in [6, 6.07) is 12.8. The minimum absolute atomic E-state index is 0.121. The quantitative estimate of drug-likeness (QED) is 0.376. The topological polar surface area (TPSA) is 73.7 Å². The van der Waals surface area contributed by atoms with Crippen LogP contribution in [0.15, 0.2) is 58.7 Å². The number of thiophene rings is 1. The third kappa shape index (κ3) is 3.99. The first-order valence-electron chi connectivity index (χ1n) is 10.2. The summed E-state index contributed by atoms with van der Waals surface area (Å²) < 4.78 is 37.4.